The molecule has 1 heterocycles. The number of hydrogen-bond donors (Lipinski definition) is 4. The van der Waals surface area contributed by atoms with Crippen molar-refractivity contribution in [3.63, 3.8) is 0 Å². The quantitative estimate of drug-likeness (QED) is 0.0380. The van der Waals surface area contributed by atoms with Gasteiger partial charge in [-0.2, -0.15) is 0 Å². The fourth-order valence-corrected chi connectivity index (χ4v) is 7.49. The summed E-state index contributed by atoms with van der Waals surface area (Å²) in [5, 5.41) is 34.6. The van der Waals surface area contributed by atoms with Gasteiger partial charge in [-0.05, 0) is 38.5 Å². The minimum Gasteiger partial charge on any atom is -0.394 e. The number of hydrogen-bond acceptors (Lipinski definition) is 6. The molecule has 1 saturated heterocycles. The molecule has 4 N–H and O–H groups in total. The van der Waals surface area contributed by atoms with Gasteiger partial charge in [-0.15, -0.1) is 0 Å². The highest BCUT2D eigenvalue weighted by molar-refractivity contribution is 5.76. The van der Waals surface area contributed by atoms with E-state index in [-0.39, 0.29) is 11.8 Å². The van der Waals surface area contributed by atoms with Gasteiger partial charge in [0.15, 0.2) is 6.23 Å². The Hall–Kier alpha value is -1.48. The summed E-state index contributed by atoms with van der Waals surface area (Å²) in [6.45, 7) is 5.83. The summed E-state index contributed by atoms with van der Waals surface area (Å²) in [6.07, 6.45) is 36.0. The van der Waals surface area contributed by atoms with Crippen molar-refractivity contribution in [1.82, 2.24) is 10.2 Å². The van der Waals surface area contributed by atoms with E-state index in [1.54, 1.807) is 4.90 Å². The lowest BCUT2D eigenvalue weighted by Crippen LogP contribution is -2.68. The maximum Gasteiger partial charge on any atom is 0.224 e. The molecule has 1 aliphatic rings. The van der Waals surface area contributed by atoms with Crippen molar-refractivity contribution < 1.29 is 29.6 Å². The fourth-order valence-electron chi connectivity index (χ4n) is 7.49. The molecule has 1 fully saturated rings. The SMILES string of the molecule is CCCCCCCCC=CCCCCCCCC(=O)N(CCCCCCCCCCCCCCCCCC)C1O[C@H](CO)[C@@H](NC(C)=O)[C@H](O)[C@H]1O. The Labute approximate surface area is 320 Å². The fraction of sp³-hybridized carbons (Fsp3) is 0.909. The van der Waals surface area contributed by atoms with Crippen LogP contribution in [0.5, 0.6) is 0 Å². The zero-order chi connectivity index (χ0) is 38.1. The molecular weight excluding hydrogens is 652 g/mol. The first-order valence-corrected chi connectivity index (χ1v) is 22.2. The Bertz CT molecular complexity index is 868. The molecule has 1 unspecified atom stereocenters. The van der Waals surface area contributed by atoms with Crippen LogP contribution in [0.25, 0.3) is 0 Å². The maximum absolute atomic E-state index is 13.6. The first-order valence-electron chi connectivity index (χ1n) is 22.2. The summed E-state index contributed by atoms with van der Waals surface area (Å²) >= 11 is 0. The van der Waals surface area contributed by atoms with Crippen LogP contribution in [-0.2, 0) is 14.3 Å². The third kappa shape index (κ3) is 24.0. The number of aliphatic hydroxyl groups excluding tert-OH is 3. The Kier molecular flexibility index (Phi) is 31.8. The highest BCUT2D eigenvalue weighted by Crippen LogP contribution is 2.26. The van der Waals surface area contributed by atoms with Crippen LogP contribution >= 0.6 is 0 Å². The second-order valence-electron chi connectivity index (χ2n) is 15.7. The van der Waals surface area contributed by atoms with Crippen LogP contribution < -0.4 is 5.32 Å². The molecule has 8 heteroatoms. The van der Waals surface area contributed by atoms with E-state index < -0.39 is 37.2 Å². The van der Waals surface area contributed by atoms with Gasteiger partial charge in [0.25, 0.3) is 0 Å². The van der Waals surface area contributed by atoms with Crippen molar-refractivity contribution in [3.8, 4) is 0 Å². The Morgan fingerprint density at radius 3 is 1.42 bits per heavy atom. The molecular formula is C44H84N2O6. The van der Waals surface area contributed by atoms with Crippen LogP contribution in [0.3, 0.4) is 0 Å². The van der Waals surface area contributed by atoms with Gasteiger partial charge in [0.1, 0.15) is 18.3 Å². The molecule has 0 aromatic carbocycles. The number of nitrogens with one attached hydrogen (secondary N) is 1. The molecule has 0 spiro atoms. The highest BCUT2D eigenvalue weighted by Gasteiger charge is 2.47. The van der Waals surface area contributed by atoms with Crippen LogP contribution in [0.4, 0.5) is 0 Å². The van der Waals surface area contributed by atoms with Gasteiger partial charge < -0.3 is 30.3 Å². The van der Waals surface area contributed by atoms with E-state index in [0.29, 0.717) is 13.0 Å². The Balaban J connectivity index is 2.43. The van der Waals surface area contributed by atoms with E-state index in [0.717, 1.165) is 51.4 Å². The number of carbonyl (C=O) groups is 2. The van der Waals surface area contributed by atoms with Gasteiger partial charge in [-0.25, -0.2) is 0 Å². The van der Waals surface area contributed by atoms with Crippen molar-refractivity contribution in [2.45, 2.75) is 244 Å². The van der Waals surface area contributed by atoms with Crippen LogP contribution in [0.2, 0.25) is 0 Å². The van der Waals surface area contributed by atoms with Crippen molar-refractivity contribution in [2.75, 3.05) is 13.2 Å². The number of nitrogens with zero attached hydrogens (tertiary/aromatic N) is 1. The molecule has 1 aliphatic heterocycles. The highest BCUT2D eigenvalue weighted by atomic mass is 16.5. The number of unbranched alkanes of at least 4 members (excludes halogenated alkanes) is 26. The van der Waals surface area contributed by atoms with E-state index in [1.807, 2.05) is 0 Å². The van der Waals surface area contributed by atoms with Gasteiger partial charge in [-0.3, -0.25) is 9.59 Å². The molecule has 0 bridgehead atoms. The molecule has 1 rings (SSSR count). The Morgan fingerprint density at radius 2 is 1.00 bits per heavy atom. The molecule has 8 nitrogen and oxygen atoms in total. The van der Waals surface area contributed by atoms with Gasteiger partial charge in [-0.1, -0.05) is 174 Å². The lowest BCUT2D eigenvalue weighted by molar-refractivity contribution is -0.236. The standard InChI is InChI=1S/C44H84N2O6/c1-4-6-8-10-12-14-16-18-20-22-24-26-28-30-32-34-36-46(44-43(51)42(50)41(45-38(3)48)39(37-47)52-44)40(49)35-33-31-29-27-25-23-21-19-17-15-13-11-9-7-5-2/h19,21,39,41-44,47,50-51H,4-18,20,22-37H2,1-3H3,(H,45,48)/t39-,41-,42+,43-,44?/m1/s1. The monoisotopic (exact) mass is 737 g/mol. The predicted octanol–water partition coefficient (Wildman–Crippen LogP) is 10.1. The summed E-state index contributed by atoms with van der Waals surface area (Å²) in [4.78, 5) is 26.9. The molecule has 0 aliphatic carbocycles. The van der Waals surface area contributed by atoms with Crippen molar-refractivity contribution >= 4 is 11.8 Å². The number of aliphatic hydroxyl groups is 3. The third-order valence-corrected chi connectivity index (χ3v) is 10.8. The minimum absolute atomic E-state index is 0.0931. The second kappa shape index (κ2) is 34.0. The average molecular weight is 737 g/mol. The van der Waals surface area contributed by atoms with E-state index >= 15 is 0 Å². The number of carbonyl (C=O) groups excluding carboxylic acids is 2. The van der Waals surface area contributed by atoms with Crippen LogP contribution in [0, 0.1) is 0 Å². The zero-order valence-electron chi connectivity index (χ0n) is 34.2. The molecule has 0 saturated carbocycles. The predicted molar refractivity (Wildman–Crippen MR) is 216 cm³/mol. The molecule has 306 valence electrons. The number of allylic oxidation sites excluding steroid dienone is 2. The van der Waals surface area contributed by atoms with Crippen LogP contribution in [-0.4, -0.2) is 75.8 Å². The van der Waals surface area contributed by atoms with E-state index in [4.69, 9.17) is 4.74 Å². The third-order valence-electron chi connectivity index (χ3n) is 10.8. The van der Waals surface area contributed by atoms with Crippen molar-refractivity contribution in [2.24, 2.45) is 0 Å². The zero-order valence-corrected chi connectivity index (χ0v) is 34.2. The topological polar surface area (TPSA) is 119 Å². The van der Waals surface area contributed by atoms with Gasteiger partial charge in [0.2, 0.25) is 11.8 Å². The number of amides is 2. The van der Waals surface area contributed by atoms with Crippen molar-refractivity contribution in [3.05, 3.63) is 12.2 Å². The lowest BCUT2D eigenvalue weighted by Gasteiger charge is -2.46. The number of rotatable bonds is 35. The first kappa shape index (κ1) is 48.5. The summed E-state index contributed by atoms with van der Waals surface area (Å²) in [5.41, 5.74) is 0. The normalized spacial score (nSPS) is 20.5. The second-order valence-corrected chi connectivity index (χ2v) is 15.7. The summed E-state index contributed by atoms with van der Waals surface area (Å²) in [6, 6.07) is -0.952. The maximum atomic E-state index is 13.6. The lowest BCUT2D eigenvalue weighted by atomic mass is 9.94. The van der Waals surface area contributed by atoms with Crippen molar-refractivity contribution in [1.29, 1.82) is 0 Å². The molecule has 2 amide bonds. The van der Waals surface area contributed by atoms with E-state index in [9.17, 15) is 24.9 Å². The molecule has 0 aromatic rings. The van der Waals surface area contributed by atoms with Crippen LogP contribution in [0.1, 0.15) is 213 Å². The minimum atomic E-state index is -1.39. The average Bonchev–Trinajstić information content (AvgIpc) is 3.13. The molecule has 52 heavy (non-hydrogen) atoms. The molecule has 5 atom stereocenters. The first-order chi connectivity index (χ1) is 25.4. The van der Waals surface area contributed by atoms with Gasteiger partial charge >= 0.3 is 0 Å². The molecule has 0 aromatic heterocycles. The molecule has 0 radical (unpaired) electrons. The summed E-state index contributed by atoms with van der Waals surface area (Å²) < 4.78 is 6.05. The van der Waals surface area contributed by atoms with Gasteiger partial charge in [0, 0.05) is 19.9 Å². The van der Waals surface area contributed by atoms with Crippen LogP contribution in [0.15, 0.2) is 12.2 Å². The Morgan fingerprint density at radius 1 is 0.596 bits per heavy atom. The summed E-state index contributed by atoms with van der Waals surface area (Å²) in [7, 11) is 0. The van der Waals surface area contributed by atoms with Gasteiger partial charge in [0.05, 0.1) is 12.6 Å². The van der Waals surface area contributed by atoms with E-state index in [1.165, 1.54) is 142 Å². The van der Waals surface area contributed by atoms with E-state index in [2.05, 4.69) is 31.3 Å². The summed E-state index contributed by atoms with van der Waals surface area (Å²) in [5.74, 6) is -0.480. The number of ether oxygens (including phenoxy) is 1. The largest absolute Gasteiger partial charge is 0.394 e. The smallest absolute Gasteiger partial charge is 0.224 e.